The Labute approximate surface area is 149 Å². The summed E-state index contributed by atoms with van der Waals surface area (Å²) >= 11 is 0. The van der Waals surface area contributed by atoms with E-state index < -0.39 is 16.0 Å². The van der Waals surface area contributed by atoms with Gasteiger partial charge in [0.15, 0.2) is 15.3 Å². The van der Waals surface area contributed by atoms with Gasteiger partial charge < -0.3 is 14.2 Å². The number of amides is 1. The molecule has 1 spiro atoms. The minimum Gasteiger partial charge on any atom is -0.593 e. The first-order chi connectivity index (χ1) is 12.0. The Morgan fingerprint density at radius 3 is 2.48 bits per heavy atom. The average molecular weight is 364 g/mol. The van der Waals surface area contributed by atoms with E-state index in [1.165, 1.54) is 17.1 Å². The van der Waals surface area contributed by atoms with E-state index in [0.29, 0.717) is 49.9 Å². The summed E-state index contributed by atoms with van der Waals surface area (Å²) in [4.78, 5) is 15.2. The number of hydrogen-bond donors (Lipinski definition) is 0. The lowest BCUT2D eigenvalue weighted by atomic mass is 9.89. The highest BCUT2D eigenvalue weighted by molar-refractivity contribution is 7.95. The average Bonchev–Trinajstić information content (AvgIpc) is 3.44. The van der Waals surface area contributed by atoms with Gasteiger partial charge in [0.2, 0.25) is 0 Å². The van der Waals surface area contributed by atoms with Gasteiger partial charge in [-0.05, 0) is 30.9 Å². The van der Waals surface area contributed by atoms with Gasteiger partial charge in [0, 0.05) is 39.0 Å². The fraction of sp³-hybridized carbons (Fsp3) is 0.611. The molecule has 136 valence electrons. The number of hydrogen-bond acceptors (Lipinski definition) is 4. The van der Waals surface area contributed by atoms with Gasteiger partial charge in [-0.1, -0.05) is 22.4 Å². The van der Waals surface area contributed by atoms with Crippen LogP contribution in [0, 0.1) is 5.92 Å². The first-order valence-electron chi connectivity index (χ1n) is 9.00. The minimum atomic E-state index is -3.50. The summed E-state index contributed by atoms with van der Waals surface area (Å²) in [5.41, 5.74) is -0.824. The third kappa shape index (κ3) is 3.26. The Kier molecular flexibility index (Phi) is 4.43. The van der Waals surface area contributed by atoms with Crippen molar-refractivity contribution in [2.45, 2.75) is 36.2 Å². The monoisotopic (exact) mass is 364 g/mol. The summed E-state index contributed by atoms with van der Waals surface area (Å²) in [5, 5.41) is 0. The normalized spacial score (nSPS) is 26.6. The zero-order valence-electron chi connectivity index (χ0n) is 14.3. The number of nitrogens with zero attached hydrogens (tertiary/aromatic N) is 2. The Morgan fingerprint density at radius 1 is 1.16 bits per heavy atom. The molecule has 25 heavy (non-hydrogen) atoms. The highest BCUT2D eigenvalue weighted by atomic mass is 32.3. The van der Waals surface area contributed by atoms with Gasteiger partial charge in [0.25, 0.3) is 5.91 Å². The molecule has 1 unspecified atom stereocenters. The predicted octanol–water partition coefficient (Wildman–Crippen LogP) is 1.69. The molecule has 0 radical (unpaired) electrons. The molecule has 3 aliphatic rings. The van der Waals surface area contributed by atoms with Crippen molar-refractivity contribution in [3.8, 4) is 0 Å². The summed E-state index contributed by atoms with van der Waals surface area (Å²) in [6.45, 7) is 2.67. The molecule has 1 aromatic rings. The van der Waals surface area contributed by atoms with E-state index in [4.69, 9.17) is 4.74 Å². The van der Waals surface area contributed by atoms with Crippen molar-refractivity contribution < 1.29 is 18.3 Å². The van der Waals surface area contributed by atoms with Crippen LogP contribution in [0.3, 0.4) is 0 Å². The summed E-state index contributed by atoms with van der Waals surface area (Å²) < 4.78 is 32.9. The second-order valence-electron chi connectivity index (χ2n) is 7.25. The lowest BCUT2D eigenvalue weighted by Crippen LogP contribution is -2.61. The number of benzene rings is 1. The standard InChI is InChI=1S/C18H24N2O4S/c21-17-18(24-13-12-19(17)14-15-6-7-15)8-10-20(11-9-18)25(22,23)16-4-2-1-3-5-16/h1-5,15H,6-14H2. The molecule has 3 fully saturated rings. The van der Waals surface area contributed by atoms with E-state index in [1.807, 2.05) is 4.90 Å². The van der Waals surface area contributed by atoms with Crippen LogP contribution < -0.4 is 0 Å². The van der Waals surface area contributed by atoms with Crippen molar-refractivity contribution >= 4 is 16.3 Å². The van der Waals surface area contributed by atoms with E-state index >= 15 is 0 Å². The van der Waals surface area contributed by atoms with Crippen LogP contribution in [0.1, 0.15) is 25.7 Å². The van der Waals surface area contributed by atoms with Gasteiger partial charge in [0.1, 0.15) is 5.60 Å². The van der Waals surface area contributed by atoms with Crippen LogP contribution in [0.25, 0.3) is 0 Å². The Balaban J connectivity index is 1.45. The van der Waals surface area contributed by atoms with Gasteiger partial charge in [-0.3, -0.25) is 4.79 Å². The lowest BCUT2D eigenvalue weighted by Gasteiger charge is -2.45. The van der Waals surface area contributed by atoms with Crippen molar-refractivity contribution in [1.29, 1.82) is 0 Å². The zero-order valence-corrected chi connectivity index (χ0v) is 15.1. The van der Waals surface area contributed by atoms with Crippen molar-refractivity contribution in [3.63, 3.8) is 0 Å². The number of carbonyl (C=O) groups is 1. The van der Waals surface area contributed by atoms with E-state index in [-0.39, 0.29) is 5.91 Å². The van der Waals surface area contributed by atoms with Crippen molar-refractivity contribution in [2.75, 3.05) is 32.8 Å². The van der Waals surface area contributed by atoms with E-state index in [9.17, 15) is 13.6 Å². The molecule has 4 rings (SSSR count). The highest BCUT2D eigenvalue weighted by Crippen LogP contribution is 2.37. The Bertz CT molecular complexity index is 684. The number of ether oxygens (including phenoxy) is 1. The van der Waals surface area contributed by atoms with Crippen LogP contribution in [0.15, 0.2) is 35.2 Å². The fourth-order valence-electron chi connectivity index (χ4n) is 3.78. The number of rotatable bonds is 4. The molecule has 2 saturated heterocycles. The summed E-state index contributed by atoms with van der Waals surface area (Å²) in [5.74, 6) is 0.708. The van der Waals surface area contributed by atoms with E-state index in [2.05, 4.69) is 0 Å². The maximum Gasteiger partial charge on any atom is 0.255 e. The second kappa shape index (κ2) is 6.46. The van der Waals surface area contributed by atoms with Crippen molar-refractivity contribution in [2.24, 2.45) is 5.92 Å². The third-order valence-corrected chi connectivity index (χ3v) is 7.42. The zero-order chi connectivity index (χ0) is 17.5. The lowest BCUT2D eigenvalue weighted by molar-refractivity contribution is -0.178. The highest BCUT2D eigenvalue weighted by Gasteiger charge is 2.50. The van der Waals surface area contributed by atoms with Crippen molar-refractivity contribution in [3.05, 3.63) is 30.3 Å². The number of sulfonamides is 1. The molecule has 1 atom stereocenters. The second-order valence-corrected chi connectivity index (χ2v) is 9.19. The van der Waals surface area contributed by atoms with E-state index in [1.54, 1.807) is 30.3 Å². The van der Waals surface area contributed by atoms with Crippen molar-refractivity contribution in [1.82, 2.24) is 9.21 Å². The van der Waals surface area contributed by atoms with Crippen LogP contribution in [-0.4, -0.2) is 58.1 Å². The van der Waals surface area contributed by atoms with Crippen LogP contribution in [-0.2, 0) is 24.1 Å². The van der Waals surface area contributed by atoms with Crippen LogP contribution in [0.4, 0.5) is 0 Å². The molecule has 6 nitrogen and oxygen atoms in total. The maximum absolute atomic E-state index is 12.9. The predicted molar refractivity (Wildman–Crippen MR) is 92.3 cm³/mol. The topological polar surface area (TPSA) is 72.9 Å². The molecule has 7 heteroatoms. The first-order valence-corrected chi connectivity index (χ1v) is 10.4. The Hall–Kier alpha value is -1.28. The summed E-state index contributed by atoms with van der Waals surface area (Å²) in [7, 11) is -3.50. The molecule has 0 N–H and O–H groups in total. The molecule has 1 amide bonds. The van der Waals surface area contributed by atoms with Gasteiger partial charge in [0.05, 0.1) is 6.61 Å². The van der Waals surface area contributed by atoms with E-state index in [0.717, 1.165) is 6.54 Å². The third-order valence-electron chi connectivity index (χ3n) is 5.50. The molecular formula is C18H24N2O4S. The van der Waals surface area contributed by atoms with Crippen LogP contribution >= 0.6 is 0 Å². The minimum absolute atomic E-state index is 0.0578. The quantitative estimate of drug-likeness (QED) is 0.762. The SMILES string of the molecule is O=C1N(CC2CC2)CCOC12CCN([S+](=O)([O-])c1ccccc1)CC2. The summed E-state index contributed by atoms with van der Waals surface area (Å²) in [6.07, 6.45) is 3.28. The molecule has 1 aliphatic carbocycles. The molecule has 0 aromatic heterocycles. The molecule has 1 aromatic carbocycles. The smallest absolute Gasteiger partial charge is 0.255 e. The van der Waals surface area contributed by atoms with Gasteiger partial charge in [-0.15, -0.1) is 4.31 Å². The van der Waals surface area contributed by atoms with Crippen LogP contribution in [0.5, 0.6) is 0 Å². The molecule has 2 heterocycles. The van der Waals surface area contributed by atoms with Crippen LogP contribution in [0.2, 0.25) is 0 Å². The number of carbonyl (C=O) groups excluding carboxylic acids is 1. The largest absolute Gasteiger partial charge is 0.593 e. The van der Waals surface area contributed by atoms with Gasteiger partial charge >= 0.3 is 0 Å². The molecule has 1 saturated carbocycles. The number of morpholine rings is 1. The molecule has 0 bridgehead atoms. The number of piperidine rings is 1. The molecular weight excluding hydrogens is 340 g/mol. The fourth-order valence-corrected chi connectivity index (χ4v) is 5.24. The maximum atomic E-state index is 12.9. The summed E-state index contributed by atoms with van der Waals surface area (Å²) in [6, 6.07) is 8.47. The van der Waals surface area contributed by atoms with Gasteiger partial charge in [-0.2, -0.15) is 0 Å². The first kappa shape index (κ1) is 17.1. The van der Waals surface area contributed by atoms with Gasteiger partial charge in [-0.25, -0.2) is 0 Å². The molecule has 2 aliphatic heterocycles. The Morgan fingerprint density at radius 2 is 1.84 bits per heavy atom.